The van der Waals surface area contributed by atoms with Crippen LogP contribution in [0, 0.1) is 0 Å². The van der Waals surface area contributed by atoms with Gasteiger partial charge < -0.3 is 19.8 Å². The SMILES string of the molecule is COc1cccc(/C=C/C(=O)Nc2ccc(-c3ncc[nH]3)cc2)c1OC(F)F. The summed E-state index contributed by atoms with van der Waals surface area (Å²) in [5, 5.41) is 2.70. The number of carbonyl (C=O) groups is 1. The fourth-order valence-electron chi connectivity index (χ4n) is 2.52. The molecule has 0 aliphatic carbocycles. The summed E-state index contributed by atoms with van der Waals surface area (Å²) in [7, 11) is 1.35. The molecule has 2 aromatic carbocycles. The Balaban J connectivity index is 1.70. The van der Waals surface area contributed by atoms with E-state index in [4.69, 9.17) is 4.74 Å². The Morgan fingerprint density at radius 1 is 1.21 bits per heavy atom. The largest absolute Gasteiger partial charge is 0.493 e. The topological polar surface area (TPSA) is 76.2 Å². The third-order valence-electron chi connectivity index (χ3n) is 3.77. The van der Waals surface area contributed by atoms with Crippen LogP contribution in [0.1, 0.15) is 5.56 Å². The Bertz CT molecular complexity index is 955. The smallest absolute Gasteiger partial charge is 0.387 e. The van der Waals surface area contributed by atoms with Crippen molar-refractivity contribution in [3.05, 3.63) is 66.5 Å². The second kappa shape index (κ2) is 8.81. The molecule has 0 radical (unpaired) electrons. The molecule has 8 heteroatoms. The Hall–Kier alpha value is -3.68. The second-order valence-corrected chi connectivity index (χ2v) is 5.59. The lowest BCUT2D eigenvalue weighted by Crippen LogP contribution is -2.08. The summed E-state index contributed by atoms with van der Waals surface area (Å²) < 4.78 is 34.8. The molecule has 0 saturated heterocycles. The molecule has 6 nitrogen and oxygen atoms in total. The van der Waals surface area contributed by atoms with E-state index in [2.05, 4.69) is 20.0 Å². The van der Waals surface area contributed by atoms with Crippen LogP contribution in [0.25, 0.3) is 17.5 Å². The minimum absolute atomic E-state index is 0.133. The maximum absolute atomic E-state index is 12.6. The number of amides is 1. The van der Waals surface area contributed by atoms with Crippen LogP contribution >= 0.6 is 0 Å². The number of nitrogens with one attached hydrogen (secondary N) is 2. The molecule has 0 spiro atoms. The van der Waals surface area contributed by atoms with E-state index in [1.54, 1.807) is 36.7 Å². The first-order valence-electron chi connectivity index (χ1n) is 8.27. The van der Waals surface area contributed by atoms with Gasteiger partial charge in [0.1, 0.15) is 5.82 Å². The number of halogens is 2. The van der Waals surface area contributed by atoms with Gasteiger partial charge in [-0.15, -0.1) is 0 Å². The van der Waals surface area contributed by atoms with Crippen molar-refractivity contribution in [1.29, 1.82) is 0 Å². The van der Waals surface area contributed by atoms with E-state index in [1.165, 1.54) is 25.3 Å². The first-order valence-corrected chi connectivity index (χ1v) is 8.27. The van der Waals surface area contributed by atoms with E-state index in [1.807, 2.05) is 12.1 Å². The molecule has 0 fully saturated rings. The van der Waals surface area contributed by atoms with Gasteiger partial charge in [0.15, 0.2) is 11.5 Å². The van der Waals surface area contributed by atoms with Gasteiger partial charge in [0, 0.05) is 35.3 Å². The number of carbonyl (C=O) groups excluding carboxylic acids is 1. The van der Waals surface area contributed by atoms with Crippen LogP contribution in [-0.4, -0.2) is 29.6 Å². The van der Waals surface area contributed by atoms with Gasteiger partial charge in [0.25, 0.3) is 0 Å². The number of hydrogen-bond acceptors (Lipinski definition) is 4. The number of nitrogens with zero attached hydrogens (tertiary/aromatic N) is 1. The molecule has 0 saturated carbocycles. The number of methoxy groups -OCH3 is 1. The van der Waals surface area contributed by atoms with Crippen LogP contribution in [0.4, 0.5) is 14.5 Å². The van der Waals surface area contributed by atoms with Crippen molar-refractivity contribution in [2.24, 2.45) is 0 Å². The first kappa shape index (κ1) is 19.1. The number of imidazole rings is 1. The number of ether oxygens (including phenoxy) is 2. The summed E-state index contributed by atoms with van der Waals surface area (Å²) >= 11 is 0. The minimum Gasteiger partial charge on any atom is -0.493 e. The number of hydrogen-bond donors (Lipinski definition) is 2. The van der Waals surface area contributed by atoms with Gasteiger partial charge in [-0.2, -0.15) is 8.78 Å². The van der Waals surface area contributed by atoms with Crippen molar-refractivity contribution in [2.75, 3.05) is 12.4 Å². The molecule has 1 aromatic heterocycles. The molecule has 0 aliphatic rings. The van der Waals surface area contributed by atoms with Crippen LogP contribution < -0.4 is 14.8 Å². The number of para-hydroxylation sites is 1. The highest BCUT2D eigenvalue weighted by molar-refractivity contribution is 6.02. The minimum atomic E-state index is -3.01. The van der Waals surface area contributed by atoms with E-state index >= 15 is 0 Å². The van der Waals surface area contributed by atoms with Crippen molar-refractivity contribution < 1.29 is 23.0 Å². The molecule has 0 atom stereocenters. The lowest BCUT2D eigenvalue weighted by molar-refractivity contribution is -0.111. The summed E-state index contributed by atoms with van der Waals surface area (Å²) in [5.74, 6) is 0.321. The summed E-state index contributed by atoms with van der Waals surface area (Å²) in [6, 6.07) is 11.8. The molecule has 3 aromatic rings. The quantitative estimate of drug-likeness (QED) is 0.593. The van der Waals surface area contributed by atoms with Crippen molar-refractivity contribution in [1.82, 2.24) is 9.97 Å². The summed E-state index contributed by atoms with van der Waals surface area (Å²) in [6.07, 6.45) is 5.99. The Morgan fingerprint density at radius 3 is 2.64 bits per heavy atom. The molecule has 0 unspecified atom stereocenters. The fraction of sp³-hybridized carbons (Fsp3) is 0.100. The van der Waals surface area contributed by atoms with Crippen LogP contribution in [0.3, 0.4) is 0 Å². The Kier molecular flexibility index (Phi) is 6.01. The highest BCUT2D eigenvalue weighted by atomic mass is 19.3. The molecule has 2 N–H and O–H groups in total. The van der Waals surface area contributed by atoms with Crippen LogP contribution in [-0.2, 0) is 4.79 Å². The first-order chi connectivity index (χ1) is 13.6. The second-order valence-electron chi connectivity index (χ2n) is 5.59. The molecule has 28 heavy (non-hydrogen) atoms. The zero-order chi connectivity index (χ0) is 19.9. The maximum atomic E-state index is 12.6. The van der Waals surface area contributed by atoms with Gasteiger partial charge in [-0.25, -0.2) is 4.98 Å². The number of anilines is 1. The summed E-state index contributed by atoms with van der Waals surface area (Å²) in [4.78, 5) is 19.3. The predicted octanol–water partition coefficient (Wildman–Crippen LogP) is 4.34. The number of benzene rings is 2. The van der Waals surface area contributed by atoms with Crippen molar-refractivity contribution in [3.63, 3.8) is 0 Å². The van der Waals surface area contributed by atoms with Crippen LogP contribution in [0.2, 0.25) is 0 Å². The summed E-state index contributed by atoms with van der Waals surface area (Å²) in [6.45, 7) is -3.01. The van der Waals surface area contributed by atoms with Crippen molar-refractivity contribution in [2.45, 2.75) is 6.61 Å². The molecule has 144 valence electrons. The van der Waals surface area contributed by atoms with E-state index < -0.39 is 12.5 Å². The van der Waals surface area contributed by atoms with Gasteiger partial charge in [-0.1, -0.05) is 12.1 Å². The Morgan fingerprint density at radius 2 is 2.00 bits per heavy atom. The van der Waals surface area contributed by atoms with Crippen molar-refractivity contribution in [3.8, 4) is 22.9 Å². The third-order valence-corrected chi connectivity index (χ3v) is 3.77. The standard InChI is InChI=1S/C20H17F2N3O3/c1-27-16-4-2-3-13(18(16)28-20(21)22)7-10-17(26)25-15-8-5-14(6-9-15)19-23-11-12-24-19/h2-12,20H,1H3,(H,23,24)(H,25,26)/b10-7+. The average molecular weight is 385 g/mol. The highest BCUT2D eigenvalue weighted by Gasteiger charge is 2.14. The number of aromatic nitrogens is 2. The molecule has 0 bridgehead atoms. The number of aromatic amines is 1. The highest BCUT2D eigenvalue weighted by Crippen LogP contribution is 2.33. The lowest BCUT2D eigenvalue weighted by Gasteiger charge is -2.12. The number of alkyl halides is 2. The van der Waals surface area contributed by atoms with Crippen LogP contribution in [0.5, 0.6) is 11.5 Å². The van der Waals surface area contributed by atoms with E-state index in [9.17, 15) is 13.6 Å². The summed E-state index contributed by atoms with van der Waals surface area (Å²) in [5.41, 5.74) is 1.76. The van der Waals surface area contributed by atoms with Gasteiger partial charge in [0.2, 0.25) is 5.91 Å². The monoisotopic (exact) mass is 385 g/mol. The average Bonchev–Trinajstić information content (AvgIpc) is 3.22. The zero-order valence-electron chi connectivity index (χ0n) is 14.9. The molecule has 3 rings (SSSR count). The zero-order valence-corrected chi connectivity index (χ0v) is 14.9. The van der Waals surface area contributed by atoms with E-state index in [0.717, 1.165) is 11.4 Å². The number of H-pyrrole nitrogens is 1. The normalized spacial score (nSPS) is 11.0. The molecular formula is C20H17F2N3O3. The molecule has 1 amide bonds. The lowest BCUT2D eigenvalue weighted by atomic mass is 10.1. The van der Waals surface area contributed by atoms with Crippen LogP contribution in [0.15, 0.2) is 60.9 Å². The maximum Gasteiger partial charge on any atom is 0.387 e. The van der Waals surface area contributed by atoms with Crippen molar-refractivity contribution >= 4 is 17.7 Å². The molecular weight excluding hydrogens is 368 g/mol. The van der Waals surface area contributed by atoms with Gasteiger partial charge in [0.05, 0.1) is 7.11 Å². The molecule has 0 aliphatic heterocycles. The van der Waals surface area contributed by atoms with E-state index in [0.29, 0.717) is 11.3 Å². The number of rotatable bonds is 7. The molecule has 1 heterocycles. The third kappa shape index (κ3) is 4.73. The fourth-order valence-corrected chi connectivity index (χ4v) is 2.52. The van der Waals surface area contributed by atoms with Gasteiger partial charge >= 0.3 is 6.61 Å². The van der Waals surface area contributed by atoms with Gasteiger partial charge in [-0.05, 0) is 36.4 Å². The van der Waals surface area contributed by atoms with Gasteiger partial charge in [-0.3, -0.25) is 4.79 Å². The predicted molar refractivity (Wildman–Crippen MR) is 101 cm³/mol. The Labute approximate surface area is 159 Å². The van der Waals surface area contributed by atoms with E-state index in [-0.39, 0.29) is 11.5 Å².